The number of aliphatic imine (C=N–C) groups is 1. The molecule has 3 atom stereocenters. The lowest BCUT2D eigenvalue weighted by molar-refractivity contribution is -0.148. The molecule has 5 amide bonds. The van der Waals surface area contributed by atoms with Crippen LogP contribution in [0.25, 0.3) is 0 Å². The van der Waals surface area contributed by atoms with Gasteiger partial charge in [0.15, 0.2) is 5.96 Å². The van der Waals surface area contributed by atoms with Gasteiger partial charge in [0.25, 0.3) is 5.91 Å². The van der Waals surface area contributed by atoms with Crippen LogP contribution in [-0.2, 0) is 43.5 Å². The molecule has 0 aliphatic carbocycles. The molecule has 0 bridgehead atoms. The number of hydrogen-bond donors (Lipinski definition) is 2. The summed E-state index contributed by atoms with van der Waals surface area (Å²) >= 11 is 0. The summed E-state index contributed by atoms with van der Waals surface area (Å²) in [6.07, 6.45) is -0.316. The van der Waals surface area contributed by atoms with E-state index in [9.17, 15) is 24.0 Å². The summed E-state index contributed by atoms with van der Waals surface area (Å²) in [6.45, 7) is 4.48. The lowest BCUT2D eigenvalue weighted by atomic mass is 10.0. The number of guanidine groups is 1. The summed E-state index contributed by atoms with van der Waals surface area (Å²) in [5.74, 6) is -2.03. The van der Waals surface area contributed by atoms with Gasteiger partial charge in [-0.2, -0.15) is 0 Å². The fourth-order valence-electron chi connectivity index (χ4n) is 6.60. The Labute approximate surface area is 310 Å². The molecule has 0 unspecified atom stereocenters. The zero-order valence-electron chi connectivity index (χ0n) is 30.3. The molecule has 1 fully saturated rings. The second kappa shape index (κ2) is 18.7. The van der Waals surface area contributed by atoms with E-state index in [1.54, 1.807) is 24.3 Å². The minimum absolute atomic E-state index is 0.0179. The number of imide groups is 1. The number of amides is 5. The van der Waals surface area contributed by atoms with Crippen molar-refractivity contribution in [2.75, 3.05) is 19.6 Å². The van der Waals surface area contributed by atoms with Crippen molar-refractivity contribution < 1.29 is 33.4 Å². The van der Waals surface area contributed by atoms with Crippen LogP contribution in [0, 0.1) is 5.92 Å². The molecule has 2 aliphatic heterocycles. The highest BCUT2D eigenvalue weighted by Crippen LogP contribution is 2.26. The number of ether oxygens (including phenoxy) is 2. The molecule has 3 aromatic rings. The summed E-state index contributed by atoms with van der Waals surface area (Å²) in [4.78, 5) is 78.5. The van der Waals surface area contributed by atoms with Crippen molar-refractivity contribution in [2.24, 2.45) is 16.6 Å². The number of nitrogens with one attached hydrogen (secondary N) is 1. The minimum Gasteiger partial charge on any atom is -0.445 e. The van der Waals surface area contributed by atoms with Gasteiger partial charge in [0.1, 0.15) is 31.3 Å². The van der Waals surface area contributed by atoms with E-state index in [1.165, 1.54) is 9.80 Å². The molecule has 3 aromatic carbocycles. The lowest BCUT2D eigenvalue weighted by Crippen LogP contribution is -2.60. The van der Waals surface area contributed by atoms with Gasteiger partial charge >= 0.3 is 12.2 Å². The standard InChI is InChI=1S/C40H48N6O7/c1-28(2)25-45(39(50)52-26-30-16-8-4-9-17-30)34(24-29-14-6-3-7-15-29)36(48)44-23-13-21-33(44)37(49)46(32-20-12-22-42-38(41)43-35(32)47)40(51)53-27-31-18-10-5-11-19-31/h3-11,14-19,28,32-34H,12-13,20-27H2,1-2H3,(H3,41,42,43,47)/t32-,33-,34+/m0/s1. The highest BCUT2D eigenvalue weighted by molar-refractivity contribution is 6.05. The second-order valence-electron chi connectivity index (χ2n) is 13.6. The van der Waals surface area contributed by atoms with Gasteiger partial charge < -0.3 is 20.1 Å². The first-order valence-electron chi connectivity index (χ1n) is 18.1. The van der Waals surface area contributed by atoms with Gasteiger partial charge in [-0.25, -0.2) is 14.5 Å². The summed E-state index contributed by atoms with van der Waals surface area (Å²) in [5, 5.41) is 2.48. The Balaban J connectivity index is 1.45. The zero-order chi connectivity index (χ0) is 37.7. The van der Waals surface area contributed by atoms with Gasteiger partial charge in [-0.1, -0.05) is 105 Å². The van der Waals surface area contributed by atoms with Crippen molar-refractivity contribution in [3.8, 4) is 0 Å². The predicted molar refractivity (Wildman–Crippen MR) is 198 cm³/mol. The van der Waals surface area contributed by atoms with Crippen LogP contribution in [0.4, 0.5) is 9.59 Å². The van der Waals surface area contributed by atoms with Gasteiger partial charge in [0, 0.05) is 26.1 Å². The van der Waals surface area contributed by atoms with E-state index >= 15 is 0 Å². The molecule has 13 heteroatoms. The number of nitrogens with zero attached hydrogens (tertiary/aromatic N) is 4. The largest absolute Gasteiger partial charge is 0.445 e. The van der Waals surface area contributed by atoms with Crippen LogP contribution in [0.1, 0.15) is 56.2 Å². The fraction of sp³-hybridized carbons (Fsp3) is 0.400. The van der Waals surface area contributed by atoms with E-state index in [-0.39, 0.29) is 64.0 Å². The summed E-state index contributed by atoms with van der Waals surface area (Å²) in [5.41, 5.74) is 8.17. The number of benzene rings is 3. The third-order valence-electron chi connectivity index (χ3n) is 9.18. The average molecular weight is 725 g/mol. The van der Waals surface area contributed by atoms with Crippen molar-refractivity contribution in [2.45, 2.75) is 77.3 Å². The predicted octanol–water partition coefficient (Wildman–Crippen LogP) is 4.64. The topological polar surface area (TPSA) is 164 Å². The van der Waals surface area contributed by atoms with Crippen LogP contribution in [0.3, 0.4) is 0 Å². The van der Waals surface area contributed by atoms with Crippen molar-refractivity contribution in [3.05, 3.63) is 108 Å². The summed E-state index contributed by atoms with van der Waals surface area (Å²) < 4.78 is 11.4. The number of hydrogen-bond acceptors (Lipinski definition) is 9. The highest BCUT2D eigenvalue weighted by atomic mass is 16.6. The SMILES string of the molecule is CC(C)CN(C(=O)OCc1ccccc1)[C@H](Cc1ccccc1)C(=O)N1CCC[C@H]1C(=O)N(C(=O)OCc1ccccc1)[C@H]1CCCN=C(N)NC1=O. The molecule has 13 nitrogen and oxygen atoms in total. The van der Waals surface area contributed by atoms with E-state index in [2.05, 4.69) is 10.3 Å². The number of carbonyl (C=O) groups is 5. The second-order valence-corrected chi connectivity index (χ2v) is 13.6. The quantitative estimate of drug-likeness (QED) is 0.273. The Bertz CT molecular complexity index is 1740. The Morgan fingerprint density at radius 3 is 1.98 bits per heavy atom. The first kappa shape index (κ1) is 38.5. The van der Waals surface area contributed by atoms with Gasteiger partial charge in [-0.15, -0.1) is 0 Å². The van der Waals surface area contributed by atoms with E-state index in [4.69, 9.17) is 15.2 Å². The van der Waals surface area contributed by atoms with Crippen LogP contribution in [0.5, 0.6) is 0 Å². The van der Waals surface area contributed by atoms with Gasteiger partial charge in [-0.05, 0) is 48.3 Å². The average Bonchev–Trinajstić information content (AvgIpc) is 3.66. The molecule has 280 valence electrons. The van der Waals surface area contributed by atoms with Crippen LogP contribution >= 0.6 is 0 Å². The van der Waals surface area contributed by atoms with E-state index < -0.39 is 48.0 Å². The highest BCUT2D eigenvalue weighted by Gasteiger charge is 2.46. The van der Waals surface area contributed by atoms with Crippen LogP contribution in [-0.4, -0.2) is 88.3 Å². The van der Waals surface area contributed by atoms with E-state index in [0.29, 0.717) is 18.4 Å². The molecular formula is C40H48N6O7. The smallest absolute Gasteiger partial charge is 0.417 e. The molecule has 2 aliphatic rings. The third-order valence-corrected chi connectivity index (χ3v) is 9.18. The van der Waals surface area contributed by atoms with Crippen molar-refractivity contribution in [3.63, 3.8) is 0 Å². The van der Waals surface area contributed by atoms with Gasteiger partial charge in [-0.3, -0.25) is 29.6 Å². The van der Waals surface area contributed by atoms with Crippen LogP contribution in [0.15, 0.2) is 96.0 Å². The number of likely N-dealkylation sites (tertiary alicyclic amines) is 1. The maximum Gasteiger partial charge on any atom is 0.417 e. The normalized spacial score (nSPS) is 17.8. The Morgan fingerprint density at radius 2 is 1.40 bits per heavy atom. The molecule has 3 N–H and O–H groups in total. The van der Waals surface area contributed by atoms with Crippen LogP contribution in [0.2, 0.25) is 0 Å². The molecule has 53 heavy (non-hydrogen) atoms. The first-order chi connectivity index (χ1) is 25.6. The summed E-state index contributed by atoms with van der Waals surface area (Å²) in [6, 6.07) is 24.2. The van der Waals surface area contributed by atoms with E-state index in [1.807, 2.05) is 80.6 Å². The molecule has 0 aromatic heterocycles. The molecule has 5 rings (SSSR count). The number of nitrogens with two attached hydrogens (primary N) is 1. The lowest BCUT2D eigenvalue weighted by Gasteiger charge is -2.37. The summed E-state index contributed by atoms with van der Waals surface area (Å²) in [7, 11) is 0. The molecular weight excluding hydrogens is 676 g/mol. The molecule has 0 saturated carbocycles. The molecule has 0 radical (unpaired) electrons. The first-order valence-corrected chi connectivity index (χ1v) is 18.1. The molecule has 0 spiro atoms. The Hall–Kier alpha value is -5.72. The zero-order valence-corrected chi connectivity index (χ0v) is 30.3. The fourth-order valence-corrected chi connectivity index (χ4v) is 6.60. The third kappa shape index (κ3) is 10.4. The molecule has 2 heterocycles. The Morgan fingerprint density at radius 1 is 0.830 bits per heavy atom. The van der Waals surface area contributed by atoms with E-state index in [0.717, 1.165) is 16.0 Å². The van der Waals surface area contributed by atoms with Crippen LogP contribution < -0.4 is 11.1 Å². The van der Waals surface area contributed by atoms with Crippen molar-refractivity contribution in [1.29, 1.82) is 0 Å². The van der Waals surface area contributed by atoms with Crippen molar-refractivity contribution in [1.82, 2.24) is 20.0 Å². The van der Waals surface area contributed by atoms with Gasteiger partial charge in [0.2, 0.25) is 11.8 Å². The number of rotatable bonds is 12. The minimum atomic E-state index is -1.26. The molecule has 1 saturated heterocycles. The maximum absolute atomic E-state index is 14.8. The van der Waals surface area contributed by atoms with Gasteiger partial charge in [0.05, 0.1) is 0 Å². The Kier molecular flexibility index (Phi) is 13.6. The number of carbonyl (C=O) groups excluding carboxylic acids is 5. The van der Waals surface area contributed by atoms with Crippen molar-refractivity contribution >= 4 is 35.9 Å². The monoisotopic (exact) mass is 724 g/mol. The maximum atomic E-state index is 14.8.